The third-order valence-corrected chi connectivity index (χ3v) is 8.01. The number of thioether (sulfide) groups is 1. The van der Waals surface area contributed by atoms with E-state index in [0.29, 0.717) is 27.9 Å². The number of anilines is 1. The molecule has 188 valence electrons. The SMILES string of the molecule is CCCCn1c(N2CCCC2)c(/C=C2/SC(=S)N(Cc3ccc(OC)cc3)C2=O)c(C)c(C#N)c1=O. The lowest BCUT2D eigenvalue weighted by molar-refractivity contribution is -0.122. The molecule has 0 aliphatic carbocycles. The van der Waals surface area contributed by atoms with Crippen LogP contribution in [0.15, 0.2) is 34.0 Å². The molecule has 36 heavy (non-hydrogen) atoms. The van der Waals surface area contributed by atoms with Gasteiger partial charge in [0.05, 0.1) is 18.6 Å². The maximum absolute atomic E-state index is 13.4. The molecule has 0 unspecified atom stereocenters. The molecular weight excluding hydrogens is 492 g/mol. The third-order valence-electron chi connectivity index (χ3n) is 6.64. The van der Waals surface area contributed by atoms with E-state index in [1.54, 1.807) is 23.5 Å². The van der Waals surface area contributed by atoms with Crippen molar-refractivity contribution >= 4 is 46.1 Å². The number of unbranched alkanes of at least 4 members (excludes halogenated alkanes) is 1. The second-order valence-electron chi connectivity index (χ2n) is 8.97. The van der Waals surface area contributed by atoms with Crippen molar-refractivity contribution in [3.05, 3.63) is 61.8 Å². The minimum Gasteiger partial charge on any atom is -0.497 e. The predicted molar refractivity (Wildman–Crippen MR) is 148 cm³/mol. The number of amides is 1. The second-order valence-corrected chi connectivity index (χ2v) is 10.6. The van der Waals surface area contributed by atoms with Gasteiger partial charge in [-0.3, -0.25) is 19.1 Å². The zero-order valence-corrected chi connectivity index (χ0v) is 22.5. The minimum absolute atomic E-state index is 0.133. The maximum atomic E-state index is 13.4. The van der Waals surface area contributed by atoms with Crippen molar-refractivity contribution in [1.29, 1.82) is 5.26 Å². The van der Waals surface area contributed by atoms with Crippen LogP contribution in [0.3, 0.4) is 0 Å². The molecule has 1 aromatic carbocycles. The Hall–Kier alpha value is -3.09. The van der Waals surface area contributed by atoms with E-state index in [1.807, 2.05) is 30.3 Å². The van der Waals surface area contributed by atoms with Crippen LogP contribution >= 0.6 is 24.0 Å². The van der Waals surface area contributed by atoms with E-state index >= 15 is 0 Å². The van der Waals surface area contributed by atoms with Gasteiger partial charge >= 0.3 is 0 Å². The first kappa shape index (κ1) is 26.0. The van der Waals surface area contributed by atoms with Crippen LogP contribution in [0, 0.1) is 18.3 Å². The second kappa shape index (κ2) is 11.3. The zero-order valence-electron chi connectivity index (χ0n) is 20.9. The molecule has 9 heteroatoms. The summed E-state index contributed by atoms with van der Waals surface area (Å²) in [5, 5.41) is 9.82. The molecule has 0 saturated carbocycles. The highest BCUT2D eigenvalue weighted by Gasteiger charge is 2.33. The number of carbonyl (C=O) groups is 1. The van der Waals surface area contributed by atoms with Crippen molar-refractivity contribution in [2.75, 3.05) is 25.1 Å². The molecule has 2 aliphatic rings. The number of rotatable bonds is 8. The van der Waals surface area contributed by atoms with Crippen LogP contribution in [0.5, 0.6) is 5.75 Å². The number of hydrogen-bond donors (Lipinski definition) is 0. The Morgan fingerprint density at radius 1 is 1.19 bits per heavy atom. The number of ether oxygens (including phenoxy) is 1. The van der Waals surface area contributed by atoms with E-state index in [0.717, 1.165) is 61.5 Å². The van der Waals surface area contributed by atoms with Crippen molar-refractivity contribution in [3.63, 3.8) is 0 Å². The average molecular weight is 523 g/mol. The third kappa shape index (κ3) is 5.06. The van der Waals surface area contributed by atoms with Gasteiger partial charge in [-0.05, 0) is 55.5 Å². The van der Waals surface area contributed by atoms with Crippen LogP contribution in [0.4, 0.5) is 5.82 Å². The summed E-state index contributed by atoms with van der Waals surface area (Å²) in [7, 11) is 1.61. The monoisotopic (exact) mass is 522 g/mol. The standard InChI is InChI=1S/C27H30N4O3S2/c1-4-5-14-30-24(29-12-6-7-13-29)21(18(2)22(16-28)25(30)32)15-23-26(33)31(27(35)36-23)17-19-8-10-20(34-3)11-9-19/h8-11,15H,4-7,12-14,17H2,1-3H3/b23-15+. The summed E-state index contributed by atoms with van der Waals surface area (Å²) in [6, 6.07) is 9.66. The Bertz CT molecular complexity index is 1300. The van der Waals surface area contributed by atoms with Gasteiger partial charge in [-0.15, -0.1) is 0 Å². The average Bonchev–Trinajstić information content (AvgIpc) is 3.50. The Kier molecular flexibility index (Phi) is 8.17. The van der Waals surface area contributed by atoms with Crippen LogP contribution < -0.4 is 15.2 Å². The van der Waals surface area contributed by atoms with Crippen LogP contribution in [0.25, 0.3) is 6.08 Å². The van der Waals surface area contributed by atoms with E-state index in [1.165, 1.54) is 11.8 Å². The topological polar surface area (TPSA) is 78.6 Å². The molecule has 0 bridgehead atoms. The number of thiocarbonyl (C=S) groups is 1. The Morgan fingerprint density at radius 2 is 1.89 bits per heavy atom. The van der Waals surface area contributed by atoms with Crippen molar-refractivity contribution in [3.8, 4) is 11.8 Å². The van der Waals surface area contributed by atoms with Gasteiger partial charge in [-0.1, -0.05) is 49.5 Å². The number of methoxy groups -OCH3 is 1. The van der Waals surface area contributed by atoms with Crippen molar-refractivity contribution in [2.45, 2.75) is 52.6 Å². The van der Waals surface area contributed by atoms with Gasteiger partial charge in [-0.2, -0.15) is 5.26 Å². The maximum Gasteiger partial charge on any atom is 0.270 e. The lowest BCUT2D eigenvalue weighted by atomic mass is 10.0. The fraction of sp³-hybridized carbons (Fsp3) is 0.407. The summed E-state index contributed by atoms with van der Waals surface area (Å²) in [6.07, 6.45) is 5.69. The number of hydrogen-bond acceptors (Lipinski definition) is 7. The Balaban J connectivity index is 1.77. The number of nitrogens with zero attached hydrogens (tertiary/aromatic N) is 4. The van der Waals surface area contributed by atoms with Gasteiger partial charge in [0.1, 0.15) is 27.5 Å². The molecule has 4 rings (SSSR count). The predicted octanol–water partition coefficient (Wildman–Crippen LogP) is 4.84. The van der Waals surface area contributed by atoms with Crippen LogP contribution in [0.2, 0.25) is 0 Å². The highest BCUT2D eigenvalue weighted by molar-refractivity contribution is 8.26. The van der Waals surface area contributed by atoms with Gasteiger partial charge in [-0.25, -0.2) is 0 Å². The molecule has 2 fully saturated rings. The highest BCUT2D eigenvalue weighted by atomic mass is 32.2. The smallest absolute Gasteiger partial charge is 0.270 e. The van der Waals surface area contributed by atoms with E-state index in [9.17, 15) is 14.9 Å². The highest BCUT2D eigenvalue weighted by Crippen LogP contribution is 2.37. The molecule has 7 nitrogen and oxygen atoms in total. The van der Waals surface area contributed by atoms with E-state index in [-0.39, 0.29) is 17.0 Å². The molecule has 2 aromatic rings. The fourth-order valence-corrected chi connectivity index (χ4v) is 5.86. The molecular formula is C27H30N4O3S2. The molecule has 3 heterocycles. The molecule has 2 saturated heterocycles. The van der Waals surface area contributed by atoms with E-state index in [4.69, 9.17) is 17.0 Å². The Morgan fingerprint density at radius 3 is 2.50 bits per heavy atom. The number of benzene rings is 1. The summed E-state index contributed by atoms with van der Waals surface area (Å²) in [4.78, 5) is 31.1. The normalized spacial score (nSPS) is 16.8. The molecule has 1 amide bonds. The largest absolute Gasteiger partial charge is 0.497 e. The van der Waals surface area contributed by atoms with Gasteiger partial charge < -0.3 is 9.64 Å². The van der Waals surface area contributed by atoms with Gasteiger partial charge in [0.2, 0.25) is 0 Å². The number of nitriles is 1. The minimum atomic E-state index is -0.255. The van der Waals surface area contributed by atoms with Gasteiger partial charge in [0.25, 0.3) is 11.5 Å². The molecule has 0 atom stereocenters. The van der Waals surface area contributed by atoms with Crippen LogP contribution in [-0.2, 0) is 17.9 Å². The van der Waals surface area contributed by atoms with Crippen LogP contribution in [0.1, 0.15) is 54.9 Å². The summed E-state index contributed by atoms with van der Waals surface area (Å²) < 4.78 is 7.45. The molecule has 0 N–H and O–H groups in total. The quantitative estimate of drug-likeness (QED) is 0.363. The van der Waals surface area contributed by atoms with Gasteiger partial charge in [0.15, 0.2) is 0 Å². The molecule has 1 aromatic heterocycles. The lowest BCUT2D eigenvalue weighted by Crippen LogP contribution is -2.33. The fourth-order valence-electron chi connectivity index (χ4n) is 4.62. The summed E-state index contributed by atoms with van der Waals surface area (Å²) in [6.45, 7) is 6.47. The lowest BCUT2D eigenvalue weighted by Gasteiger charge is -2.27. The number of aromatic nitrogens is 1. The summed E-state index contributed by atoms with van der Waals surface area (Å²) >= 11 is 6.83. The van der Waals surface area contributed by atoms with Crippen molar-refractivity contribution < 1.29 is 9.53 Å². The van der Waals surface area contributed by atoms with Crippen molar-refractivity contribution in [2.24, 2.45) is 0 Å². The number of pyridine rings is 1. The first-order chi connectivity index (χ1) is 17.4. The van der Waals surface area contributed by atoms with E-state index in [2.05, 4.69) is 17.9 Å². The zero-order chi connectivity index (χ0) is 25.8. The summed E-state index contributed by atoms with van der Waals surface area (Å²) in [5.41, 5.74) is 2.19. The van der Waals surface area contributed by atoms with E-state index < -0.39 is 0 Å². The van der Waals surface area contributed by atoms with Crippen LogP contribution in [-0.4, -0.2) is 39.9 Å². The molecule has 2 aliphatic heterocycles. The first-order valence-electron chi connectivity index (χ1n) is 12.2. The van der Waals surface area contributed by atoms with Gasteiger partial charge in [0, 0.05) is 25.2 Å². The molecule has 0 spiro atoms. The van der Waals surface area contributed by atoms with Crippen molar-refractivity contribution in [1.82, 2.24) is 9.47 Å². The molecule has 0 radical (unpaired) electrons. The summed E-state index contributed by atoms with van der Waals surface area (Å²) in [5.74, 6) is 1.39. The first-order valence-corrected chi connectivity index (χ1v) is 13.4. The Labute approximate surface area is 221 Å². The number of carbonyl (C=O) groups excluding carboxylic acids is 1.